The summed E-state index contributed by atoms with van der Waals surface area (Å²) < 4.78 is 0. The summed E-state index contributed by atoms with van der Waals surface area (Å²) in [4.78, 5) is 10.1. The van der Waals surface area contributed by atoms with E-state index in [0.717, 1.165) is 0 Å². The molecular weight excluding hydrogens is 130 g/mol. The van der Waals surface area contributed by atoms with Crippen molar-refractivity contribution < 1.29 is 4.79 Å². The minimum Gasteiger partial charge on any atom is -0.350 e. The number of hydrazone groups is 1. The number of carbonyl (C=O) groups is 1. The molecule has 1 aliphatic rings. The number of hydrogen-bond donors (Lipinski definition) is 2. The molecule has 56 valence electrons. The molecule has 0 aromatic heterocycles. The van der Waals surface area contributed by atoms with Crippen LogP contribution in [0.5, 0.6) is 0 Å². The molecule has 0 bridgehead atoms. The van der Waals surface area contributed by atoms with Crippen molar-refractivity contribution in [1.29, 1.82) is 0 Å². The van der Waals surface area contributed by atoms with E-state index in [1.54, 1.807) is 6.21 Å². The lowest BCUT2D eigenvalue weighted by Gasteiger charge is -2.19. The van der Waals surface area contributed by atoms with Crippen LogP contribution in [0.3, 0.4) is 0 Å². The third-order valence-electron chi connectivity index (χ3n) is 1.61. The van der Waals surface area contributed by atoms with Gasteiger partial charge in [0.2, 0.25) is 0 Å². The lowest BCUT2D eigenvalue weighted by atomic mass is 9.87. The SMILES string of the molecule is NC(=O)NN=CC1CCC1. The van der Waals surface area contributed by atoms with Crippen LogP contribution in [0.25, 0.3) is 0 Å². The summed E-state index contributed by atoms with van der Waals surface area (Å²) in [5, 5.41) is 3.64. The van der Waals surface area contributed by atoms with Crippen LogP contribution >= 0.6 is 0 Å². The zero-order chi connectivity index (χ0) is 7.40. The van der Waals surface area contributed by atoms with E-state index in [-0.39, 0.29) is 0 Å². The van der Waals surface area contributed by atoms with Crippen LogP contribution in [-0.4, -0.2) is 12.2 Å². The van der Waals surface area contributed by atoms with Crippen molar-refractivity contribution >= 4 is 12.2 Å². The first-order valence-electron chi connectivity index (χ1n) is 3.37. The van der Waals surface area contributed by atoms with E-state index < -0.39 is 6.03 Å². The van der Waals surface area contributed by atoms with Crippen molar-refractivity contribution in [1.82, 2.24) is 5.43 Å². The monoisotopic (exact) mass is 141 g/mol. The Morgan fingerprint density at radius 3 is 2.80 bits per heavy atom. The number of nitrogens with one attached hydrogen (secondary N) is 1. The smallest absolute Gasteiger partial charge is 0.332 e. The maximum absolute atomic E-state index is 10.1. The van der Waals surface area contributed by atoms with Crippen molar-refractivity contribution in [3.05, 3.63) is 0 Å². The second kappa shape index (κ2) is 3.20. The molecule has 2 amide bonds. The van der Waals surface area contributed by atoms with Gasteiger partial charge in [-0.2, -0.15) is 5.10 Å². The van der Waals surface area contributed by atoms with Gasteiger partial charge >= 0.3 is 6.03 Å². The number of carbonyl (C=O) groups excluding carboxylic acids is 1. The van der Waals surface area contributed by atoms with E-state index in [9.17, 15) is 4.79 Å². The van der Waals surface area contributed by atoms with E-state index in [4.69, 9.17) is 5.73 Å². The van der Waals surface area contributed by atoms with Crippen LogP contribution in [0.4, 0.5) is 4.79 Å². The van der Waals surface area contributed by atoms with Gasteiger partial charge in [0.05, 0.1) is 0 Å². The van der Waals surface area contributed by atoms with Crippen molar-refractivity contribution in [2.45, 2.75) is 19.3 Å². The minimum atomic E-state index is -0.601. The average Bonchev–Trinajstić information content (AvgIpc) is 1.75. The average molecular weight is 141 g/mol. The highest BCUT2D eigenvalue weighted by molar-refractivity contribution is 5.73. The molecule has 0 spiro atoms. The third kappa shape index (κ3) is 2.05. The Morgan fingerprint density at radius 1 is 1.70 bits per heavy atom. The van der Waals surface area contributed by atoms with Crippen LogP contribution < -0.4 is 11.2 Å². The zero-order valence-electron chi connectivity index (χ0n) is 5.71. The fourth-order valence-corrected chi connectivity index (χ4v) is 0.795. The molecule has 1 aliphatic carbocycles. The molecule has 0 aromatic rings. The van der Waals surface area contributed by atoms with Crippen LogP contribution in [0.15, 0.2) is 5.10 Å². The number of hydrogen-bond acceptors (Lipinski definition) is 2. The van der Waals surface area contributed by atoms with Gasteiger partial charge in [-0.15, -0.1) is 0 Å². The van der Waals surface area contributed by atoms with E-state index in [0.29, 0.717) is 5.92 Å². The summed E-state index contributed by atoms with van der Waals surface area (Å²) in [5.74, 6) is 0.562. The molecule has 4 nitrogen and oxygen atoms in total. The Hall–Kier alpha value is -1.06. The number of nitrogens with two attached hydrogens (primary N) is 1. The Morgan fingerprint density at radius 2 is 2.40 bits per heavy atom. The summed E-state index contributed by atoms with van der Waals surface area (Å²) in [5.41, 5.74) is 6.93. The Bertz CT molecular complexity index is 151. The van der Waals surface area contributed by atoms with Gasteiger partial charge in [-0.25, -0.2) is 10.2 Å². The van der Waals surface area contributed by atoms with Crippen LogP contribution in [-0.2, 0) is 0 Å². The first-order chi connectivity index (χ1) is 4.79. The summed E-state index contributed by atoms with van der Waals surface area (Å²) in [6.45, 7) is 0. The Labute approximate surface area is 59.5 Å². The lowest BCUT2D eigenvalue weighted by molar-refractivity contribution is 0.249. The first-order valence-corrected chi connectivity index (χ1v) is 3.37. The molecule has 4 heteroatoms. The highest BCUT2D eigenvalue weighted by Crippen LogP contribution is 2.23. The van der Waals surface area contributed by atoms with Gasteiger partial charge in [0.1, 0.15) is 0 Å². The van der Waals surface area contributed by atoms with Crippen LogP contribution in [0.1, 0.15) is 19.3 Å². The quantitative estimate of drug-likeness (QED) is 0.425. The molecule has 1 rings (SSSR count). The molecular formula is C6H11N3O. The molecule has 0 aromatic carbocycles. The second-order valence-corrected chi connectivity index (χ2v) is 2.45. The number of primary amides is 1. The second-order valence-electron chi connectivity index (χ2n) is 2.45. The van der Waals surface area contributed by atoms with Gasteiger partial charge in [-0.1, -0.05) is 6.42 Å². The van der Waals surface area contributed by atoms with Crippen molar-refractivity contribution in [3.63, 3.8) is 0 Å². The molecule has 0 aliphatic heterocycles. The number of amides is 2. The molecule has 10 heavy (non-hydrogen) atoms. The van der Waals surface area contributed by atoms with Gasteiger partial charge in [0.25, 0.3) is 0 Å². The summed E-state index contributed by atoms with van der Waals surface area (Å²) >= 11 is 0. The van der Waals surface area contributed by atoms with E-state index in [1.165, 1.54) is 19.3 Å². The molecule has 0 saturated heterocycles. The summed E-state index contributed by atoms with van der Waals surface area (Å²) in [7, 11) is 0. The van der Waals surface area contributed by atoms with Gasteiger partial charge in [-0.3, -0.25) is 0 Å². The largest absolute Gasteiger partial charge is 0.350 e. The molecule has 1 fully saturated rings. The fraction of sp³-hybridized carbons (Fsp3) is 0.667. The van der Waals surface area contributed by atoms with Crippen molar-refractivity contribution in [3.8, 4) is 0 Å². The highest BCUT2D eigenvalue weighted by atomic mass is 16.2. The van der Waals surface area contributed by atoms with Gasteiger partial charge in [0.15, 0.2) is 0 Å². The maximum Gasteiger partial charge on any atom is 0.332 e. The standard InChI is InChI=1S/C6H11N3O/c7-6(10)9-8-4-5-2-1-3-5/h4-5H,1-3H2,(H3,7,9,10). The fourth-order valence-electron chi connectivity index (χ4n) is 0.795. The van der Waals surface area contributed by atoms with Gasteiger partial charge in [-0.05, 0) is 18.8 Å². The molecule has 0 atom stereocenters. The lowest BCUT2D eigenvalue weighted by Crippen LogP contribution is -2.25. The van der Waals surface area contributed by atoms with Crippen molar-refractivity contribution in [2.75, 3.05) is 0 Å². The molecule has 3 N–H and O–H groups in total. The number of urea groups is 1. The predicted molar refractivity (Wildman–Crippen MR) is 38.6 cm³/mol. The highest BCUT2D eigenvalue weighted by Gasteiger charge is 2.14. The van der Waals surface area contributed by atoms with Gasteiger partial charge in [0, 0.05) is 6.21 Å². The summed E-state index contributed by atoms with van der Waals surface area (Å²) in [6.07, 6.45) is 5.38. The molecule has 0 heterocycles. The topological polar surface area (TPSA) is 67.5 Å². The predicted octanol–water partition coefficient (Wildman–Crippen LogP) is 0.441. The van der Waals surface area contributed by atoms with E-state index in [2.05, 4.69) is 10.5 Å². The number of nitrogens with zero attached hydrogens (tertiary/aromatic N) is 1. The molecule has 0 unspecified atom stereocenters. The third-order valence-corrected chi connectivity index (χ3v) is 1.61. The Kier molecular flexibility index (Phi) is 2.25. The Balaban J connectivity index is 2.10. The van der Waals surface area contributed by atoms with Crippen LogP contribution in [0.2, 0.25) is 0 Å². The molecule has 0 radical (unpaired) electrons. The van der Waals surface area contributed by atoms with Gasteiger partial charge < -0.3 is 5.73 Å². The first kappa shape index (κ1) is 7.05. The minimum absolute atomic E-state index is 0.562. The normalized spacial score (nSPS) is 18.8. The molecule has 1 saturated carbocycles. The summed E-state index contributed by atoms with van der Waals surface area (Å²) in [6, 6.07) is -0.601. The van der Waals surface area contributed by atoms with Crippen LogP contribution in [0, 0.1) is 5.92 Å². The van der Waals surface area contributed by atoms with E-state index >= 15 is 0 Å². The maximum atomic E-state index is 10.1. The zero-order valence-corrected chi connectivity index (χ0v) is 5.71. The number of rotatable bonds is 2. The van der Waals surface area contributed by atoms with E-state index in [1.807, 2.05) is 0 Å². The van der Waals surface area contributed by atoms with Crippen molar-refractivity contribution in [2.24, 2.45) is 16.8 Å².